The molecule has 1 aromatic carbocycles. The van der Waals surface area contributed by atoms with Crippen molar-refractivity contribution in [1.29, 1.82) is 0 Å². The van der Waals surface area contributed by atoms with Gasteiger partial charge in [-0.3, -0.25) is 19.8 Å². The highest BCUT2D eigenvalue weighted by Crippen LogP contribution is 2.26. The molecule has 0 unspecified atom stereocenters. The van der Waals surface area contributed by atoms with Crippen molar-refractivity contribution in [2.75, 3.05) is 25.0 Å². The highest BCUT2D eigenvalue weighted by Gasteiger charge is 2.12. The second-order valence-electron chi connectivity index (χ2n) is 3.93. The lowest BCUT2D eigenvalue weighted by Gasteiger charge is -2.17. The molecule has 19 heavy (non-hydrogen) atoms. The number of nitro benzene ring substituents is 1. The number of hydrogen-bond acceptors (Lipinski definition) is 4. The fourth-order valence-electron chi connectivity index (χ4n) is 1.56. The number of likely N-dealkylation sites (N-methyl/N-ethyl adjacent to an activating group) is 1. The third-order valence-electron chi connectivity index (χ3n) is 2.70. The molecule has 0 spiro atoms. The Morgan fingerprint density at radius 3 is 2.53 bits per heavy atom. The SMILES string of the molecule is CCN(CC)CC(=O)Nc1ccc([N+](=O)[O-])cc1Cl. The fraction of sp³-hybridized carbons (Fsp3) is 0.417. The Kier molecular flexibility index (Phi) is 5.72. The van der Waals surface area contributed by atoms with Crippen LogP contribution in [0, 0.1) is 10.1 Å². The van der Waals surface area contributed by atoms with Crippen molar-refractivity contribution in [2.24, 2.45) is 0 Å². The average Bonchev–Trinajstić information content (AvgIpc) is 2.38. The first-order chi connectivity index (χ1) is 8.97. The number of carbonyl (C=O) groups is 1. The molecule has 0 aliphatic carbocycles. The predicted molar refractivity (Wildman–Crippen MR) is 74.5 cm³/mol. The number of amides is 1. The van der Waals surface area contributed by atoms with E-state index in [1.165, 1.54) is 18.2 Å². The van der Waals surface area contributed by atoms with E-state index in [0.29, 0.717) is 5.69 Å². The Labute approximate surface area is 116 Å². The van der Waals surface area contributed by atoms with E-state index in [1.54, 1.807) is 0 Å². The highest BCUT2D eigenvalue weighted by atomic mass is 35.5. The monoisotopic (exact) mass is 285 g/mol. The van der Waals surface area contributed by atoms with E-state index in [1.807, 2.05) is 18.7 Å². The van der Waals surface area contributed by atoms with Crippen LogP contribution in [0.15, 0.2) is 18.2 Å². The normalized spacial score (nSPS) is 10.5. The van der Waals surface area contributed by atoms with Gasteiger partial charge in [0.2, 0.25) is 5.91 Å². The van der Waals surface area contributed by atoms with E-state index in [0.717, 1.165) is 13.1 Å². The Bertz CT molecular complexity index is 475. The van der Waals surface area contributed by atoms with Gasteiger partial charge in [0.05, 0.1) is 22.2 Å². The van der Waals surface area contributed by atoms with E-state index in [-0.39, 0.29) is 23.2 Å². The van der Waals surface area contributed by atoms with Crippen molar-refractivity contribution in [1.82, 2.24) is 4.90 Å². The van der Waals surface area contributed by atoms with Gasteiger partial charge >= 0.3 is 0 Å². The fourth-order valence-corrected chi connectivity index (χ4v) is 1.78. The smallest absolute Gasteiger partial charge is 0.271 e. The molecule has 6 nitrogen and oxygen atoms in total. The van der Waals surface area contributed by atoms with Crippen LogP contribution in [-0.4, -0.2) is 35.4 Å². The van der Waals surface area contributed by atoms with Crippen molar-refractivity contribution in [3.05, 3.63) is 33.3 Å². The molecule has 0 aliphatic rings. The average molecular weight is 286 g/mol. The Hall–Kier alpha value is -1.66. The summed E-state index contributed by atoms with van der Waals surface area (Å²) >= 11 is 5.89. The molecular weight excluding hydrogens is 270 g/mol. The third kappa shape index (κ3) is 4.50. The van der Waals surface area contributed by atoms with E-state index in [2.05, 4.69) is 5.32 Å². The van der Waals surface area contributed by atoms with Gasteiger partial charge in [0.15, 0.2) is 0 Å². The first kappa shape index (κ1) is 15.4. The standard InChI is InChI=1S/C12H16ClN3O3/c1-3-15(4-2)8-12(17)14-11-6-5-9(16(18)19)7-10(11)13/h5-7H,3-4,8H2,1-2H3,(H,14,17). The van der Waals surface area contributed by atoms with Crippen molar-refractivity contribution in [2.45, 2.75) is 13.8 Å². The summed E-state index contributed by atoms with van der Waals surface area (Å²) < 4.78 is 0. The van der Waals surface area contributed by atoms with Gasteiger partial charge in [-0.25, -0.2) is 0 Å². The molecule has 0 bridgehead atoms. The number of halogens is 1. The zero-order valence-corrected chi connectivity index (χ0v) is 11.6. The molecule has 0 atom stereocenters. The lowest BCUT2D eigenvalue weighted by Crippen LogP contribution is -2.32. The number of nitro groups is 1. The van der Waals surface area contributed by atoms with Crippen LogP contribution in [0.1, 0.15) is 13.8 Å². The van der Waals surface area contributed by atoms with E-state index >= 15 is 0 Å². The third-order valence-corrected chi connectivity index (χ3v) is 3.01. The molecule has 0 fully saturated rings. The zero-order valence-electron chi connectivity index (χ0n) is 10.9. The topological polar surface area (TPSA) is 75.5 Å². The van der Waals surface area contributed by atoms with Crippen LogP contribution in [0.3, 0.4) is 0 Å². The van der Waals surface area contributed by atoms with Crippen molar-refractivity contribution in [3.63, 3.8) is 0 Å². The van der Waals surface area contributed by atoms with E-state index in [4.69, 9.17) is 11.6 Å². The lowest BCUT2D eigenvalue weighted by molar-refractivity contribution is -0.384. The minimum atomic E-state index is -0.534. The number of hydrogen-bond donors (Lipinski definition) is 1. The van der Waals surface area contributed by atoms with Crippen LogP contribution in [0.2, 0.25) is 5.02 Å². The summed E-state index contributed by atoms with van der Waals surface area (Å²) in [5.74, 6) is -0.195. The summed E-state index contributed by atoms with van der Waals surface area (Å²) in [4.78, 5) is 23.7. The summed E-state index contributed by atoms with van der Waals surface area (Å²) in [5, 5.41) is 13.4. The van der Waals surface area contributed by atoms with Gasteiger partial charge in [0.25, 0.3) is 5.69 Å². The molecule has 0 heterocycles. The number of non-ortho nitro benzene ring substituents is 1. The molecule has 0 aliphatic heterocycles. The van der Waals surface area contributed by atoms with Crippen molar-refractivity contribution in [3.8, 4) is 0 Å². The van der Waals surface area contributed by atoms with Crippen LogP contribution in [-0.2, 0) is 4.79 Å². The molecule has 0 saturated carbocycles. The number of nitrogens with zero attached hydrogens (tertiary/aromatic N) is 2. The van der Waals surface area contributed by atoms with Gasteiger partial charge in [-0.2, -0.15) is 0 Å². The van der Waals surface area contributed by atoms with Crippen LogP contribution in [0.5, 0.6) is 0 Å². The quantitative estimate of drug-likeness (QED) is 0.644. The number of benzene rings is 1. The Morgan fingerprint density at radius 1 is 1.42 bits per heavy atom. The van der Waals surface area contributed by atoms with Gasteiger partial charge in [-0.15, -0.1) is 0 Å². The molecule has 104 valence electrons. The Balaban J connectivity index is 2.72. The number of nitrogens with one attached hydrogen (secondary N) is 1. The molecule has 0 radical (unpaired) electrons. The van der Waals surface area contributed by atoms with Crippen LogP contribution >= 0.6 is 11.6 Å². The van der Waals surface area contributed by atoms with Crippen molar-refractivity contribution < 1.29 is 9.72 Å². The van der Waals surface area contributed by atoms with Gasteiger partial charge in [-0.05, 0) is 19.2 Å². The molecule has 1 rings (SSSR count). The molecule has 1 amide bonds. The Morgan fingerprint density at radius 2 is 2.05 bits per heavy atom. The summed E-state index contributed by atoms with van der Waals surface area (Å²) in [6, 6.07) is 3.95. The summed E-state index contributed by atoms with van der Waals surface area (Å²) in [6.07, 6.45) is 0. The highest BCUT2D eigenvalue weighted by molar-refractivity contribution is 6.34. The minimum Gasteiger partial charge on any atom is -0.324 e. The lowest BCUT2D eigenvalue weighted by atomic mass is 10.3. The van der Waals surface area contributed by atoms with Gasteiger partial charge < -0.3 is 5.32 Å². The number of rotatable bonds is 6. The van der Waals surface area contributed by atoms with E-state index in [9.17, 15) is 14.9 Å². The molecule has 0 aromatic heterocycles. The summed E-state index contributed by atoms with van der Waals surface area (Å²) in [6.45, 7) is 5.75. The van der Waals surface area contributed by atoms with Crippen molar-refractivity contribution >= 4 is 28.9 Å². The minimum absolute atomic E-state index is 0.105. The first-order valence-corrected chi connectivity index (χ1v) is 6.31. The molecule has 1 N–H and O–H groups in total. The first-order valence-electron chi connectivity index (χ1n) is 5.94. The molecular formula is C12H16ClN3O3. The number of anilines is 1. The maximum Gasteiger partial charge on any atom is 0.271 e. The number of carbonyl (C=O) groups excluding carboxylic acids is 1. The summed E-state index contributed by atoms with van der Waals surface area (Å²) in [5.41, 5.74) is 0.274. The maximum absolute atomic E-state index is 11.8. The maximum atomic E-state index is 11.8. The van der Waals surface area contributed by atoms with Crippen LogP contribution < -0.4 is 5.32 Å². The second-order valence-corrected chi connectivity index (χ2v) is 4.34. The van der Waals surface area contributed by atoms with Gasteiger partial charge in [0.1, 0.15) is 0 Å². The zero-order chi connectivity index (χ0) is 14.4. The van der Waals surface area contributed by atoms with Gasteiger partial charge in [-0.1, -0.05) is 25.4 Å². The largest absolute Gasteiger partial charge is 0.324 e. The van der Waals surface area contributed by atoms with Crippen LogP contribution in [0.25, 0.3) is 0 Å². The predicted octanol–water partition coefficient (Wildman–Crippen LogP) is 2.53. The summed E-state index contributed by atoms with van der Waals surface area (Å²) in [7, 11) is 0. The molecule has 1 aromatic rings. The molecule has 0 saturated heterocycles. The van der Waals surface area contributed by atoms with Gasteiger partial charge in [0, 0.05) is 12.1 Å². The van der Waals surface area contributed by atoms with Crippen LogP contribution in [0.4, 0.5) is 11.4 Å². The molecule has 7 heteroatoms. The van der Waals surface area contributed by atoms with E-state index < -0.39 is 4.92 Å². The second kappa shape index (κ2) is 7.06.